The van der Waals surface area contributed by atoms with Crippen molar-refractivity contribution in [1.29, 1.82) is 5.26 Å². The van der Waals surface area contributed by atoms with Gasteiger partial charge in [0.2, 0.25) is 0 Å². The third-order valence-corrected chi connectivity index (χ3v) is 4.01. The molecule has 0 atom stereocenters. The quantitative estimate of drug-likeness (QED) is 0.928. The molecule has 0 saturated heterocycles. The van der Waals surface area contributed by atoms with Gasteiger partial charge in [-0.05, 0) is 32.9 Å². The smallest absolute Gasteiger partial charge is 0.282 e. The average Bonchev–Trinajstić information content (AvgIpc) is 2.87. The van der Waals surface area contributed by atoms with Gasteiger partial charge < -0.3 is 4.57 Å². The Labute approximate surface area is 123 Å². The van der Waals surface area contributed by atoms with Gasteiger partial charge in [0.1, 0.15) is 5.82 Å². The molecule has 0 aromatic carbocycles. The highest BCUT2D eigenvalue weighted by Crippen LogP contribution is 2.16. The third-order valence-electron chi connectivity index (χ3n) is 2.77. The van der Waals surface area contributed by atoms with Gasteiger partial charge in [-0.15, -0.1) is 0 Å². The molecule has 0 aliphatic carbocycles. The molecule has 110 valence electrons. The maximum Gasteiger partial charge on any atom is 0.282 e. The van der Waals surface area contributed by atoms with Gasteiger partial charge in [0, 0.05) is 17.9 Å². The molecule has 0 radical (unpaired) electrons. The summed E-state index contributed by atoms with van der Waals surface area (Å²) in [6.07, 6.45) is 2.91. The molecule has 0 fully saturated rings. The standard InChI is InChI=1S/C13H15N5O2S/c1-9(2)18-7-13(15-8-18)21(19,20)17-12-5-11(6-14)4-10(3)16-12/h4-5,7-9H,1-3H3,(H,16,17). The summed E-state index contributed by atoms with van der Waals surface area (Å²) >= 11 is 0. The van der Waals surface area contributed by atoms with E-state index in [0.29, 0.717) is 11.3 Å². The number of imidazole rings is 1. The van der Waals surface area contributed by atoms with Crippen LogP contribution in [0.4, 0.5) is 5.82 Å². The molecule has 21 heavy (non-hydrogen) atoms. The number of aromatic nitrogens is 3. The van der Waals surface area contributed by atoms with Gasteiger partial charge in [0.15, 0.2) is 5.03 Å². The molecule has 2 aromatic heterocycles. The van der Waals surface area contributed by atoms with Gasteiger partial charge >= 0.3 is 0 Å². The molecule has 0 aliphatic heterocycles. The monoisotopic (exact) mass is 305 g/mol. The normalized spacial score (nSPS) is 11.4. The summed E-state index contributed by atoms with van der Waals surface area (Å²) in [5.74, 6) is 0.102. The molecule has 0 bridgehead atoms. The summed E-state index contributed by atoms with van der Waals surface area (Å²) in [7, 11) is -3.82. The highest BCUT2D eigenvalue weighted by molar-refractivity contribution is 7.92. The second-order valence-electron chi connectivity index (χ2n) is 4.85. The van der Waals surface area contributed by atoms with Crippen molar-refractivity contribution in [2.24, 2.45) is 0 Å². The fourth-order valence-corrected chi connectivity index (χ4v) is 2.65. The van der Waals surface area contributed by atoms with Gasteiger partial charge in [-0.25, -0.2) is 9.97 Å². The van der Waals surface area contributed by atoms with Crippen LogP contribution in [0.25, 0.3) is 0 Å². The Hall–Kier alpha value is -2.40. The number of hydrogen-bond acceptors (Lipinski definition) is 5. The lowest BCUT2D eigenvalue weighted by Crippen LogP contribution is -2.15. The fraction of sp³-hybridized carbons (Fsp3) is 0.308. The SMILES string of the molecule is Cc1cc(C#N)cc(NS(=O)(=O)c2cn(C(C)C)cn2)n1. The van der Waals surface area contributed by atoms with Crippen LogP contribution >= 0.6 is 0 Å². The molecule has 0 aliphatic rings. The Bertz CT molecular complexity index is 802. The van der Waals surface area contributed by atoms with Crippen molar-refractivity contribution in [1.82, 2.24) is 14.5 Å². The Morgan fingerprint density at radius 2 is 2.10 bits per heavy atom. The fourth-order valence-electron chi connectivity index (χ4n) is 1.71. The van der Waals surface area contributed by atoms with Crippen molar-refractivity contribution in [3.05, 3.63) is 35.9 Å². The van der Waals surface area contributed by atoms with Crippen LogP contribution in [-0.4, -0.2) is 23.0 Å². The first kappa shape index (κ1) is 15.0. The Morgan fingerprint density at radius 3 is 2.67 bits per heavy atom. The molecule has 7 nitrogen and oxygen atoms in total. The third kappa shape index (κ3) is 3.38. The van der Waals surface area contributed by atoms with E-state index in [1.165, 1.54) is 18.6 Å². The van der Waals surface area contributed by atoms with E-state index < -0.39 is 10.0 Å². The molecular formula is C13H15N5O2S. The number of hydrogen-bond donors (Lipinski definition) is 1. The van der Waals surface area contributed by atoms with Crippen LogP contribution in [0.5, 0.6) is 0 Å². The molecular weight excluding hydrogens is 290 g/mol. The Balaban J connectivity index is 2.33. The van der Waals surface area contributed by atoms with E-state index in [0.717, 1.165) is 0 Å². The van der Waals surface area contributed by atoms with E-state index >= 15 is 0 Å². The zero-order valence-electron chi connectivity index (χ0n) is 11.9. The summed E-state index contributed by atoms with van der Waals surface area (Å²) in [5.41, 5.74) is 0.896. The van der Waals surface area contributed by atoms with Crippen LogP contribution in [-0.2, 0) is 10.0 Å². The van der Waals surface area contributed by atoms with Crippen molar-refractivity contribution in [2.75, 3.05) is 4.72 Å². The van der Waals surface area contributed by atoms with Crippen molar-refractivity contribution in [3.8, 4) is 6.07 Å². The first-order valence-corrected chi connectivity index (χ1v) is 7.75. The van der Waals surface area contributed by atoms with Crippen LogP contribution in [0.3, 0.4) is 0 Å². The highest BCUT2D eigenvalue weighted by atomic mass is 32.2. The summed E-state index contributed by atoms with van der Waals surface area (Å²) < 4.78 is 28.5. The summed E-state index contributed by atoms with van der Waals surface area (Å²) in [6.45, 7) is 5.53. The predicted octanol–water partition coefficient (Wildman–Crippen LogP) is 1.84. The lowest BCUT2D eigenvalue weighted by Gasteiger charge is -2.07. The molecule has 0 spiro atoms. The molecule has 2 rings (SSSR count). The van der Waals surface area contributed by atoms with Crippen LogP contribution in [0.1, 0.15) is 31.1 Å². The van der Waals surface area contributed by atoms with Crippen molar-refractivity contribution < 1.29 is 8.42 Å². The lowest BCUT2D eigenvalue weighted by atomic mass is 10.2. The van der Waals surface area contributed by atoms with Crippen LogP contribution in [0.2, 0.25) is 0 Å². The van der Waals surface area contributed by atoms with Gasteiger partial charge in [0.05, 0.1) is 18.0 Å². The zero-order valence-corrected chi connectivity index (χ0v) is 12.7. The molecule has 8 heteroatoms. The topological polar surface area (TPSA) is 101 Å². The van der Waals surface area contributed by atoms with Gasteiger partial charge in [-0.3, -0.25) is 4.72 Å². The van der Waals surface area contributed by atoms with E-state index in [2.05, 4.69) is 14.7 Å². The lowest BCUT2D eigenvalue weighted by molar-refractivity contribution is 0.591. The van der Waals surface area contributed by atoms with Crippen LogP contribution < -0.4 is 4.72 Å². The molecule has 0 saturated carbocycles. The summed E-state index contributed by atoms with van der Waals surface area (Å²) in [4.78, 5) is 7.95. The van der Waals surface area contributed by atoms with Gasteiger partial charge in [-0.1, -0.05) is 0 Å². The number of rotatable bonds is 4. The van der Waals surface area contributed by atoms with Crippen molar-refractivity contribution in [2.45, 2.75) is 31.8 Å². The first-order chi connectivity index (χ1) is 9.81. The van der Waals surface area contributed by atoms with E-state index in [1.807, 2.05) is 19.9 Å². The molecule has 2 heterocycles. The minimum Gasteiger partial charge on any atom is -0.334 e. The van der Waals surface area contributed by atoms with Crippen LogP contribution in [0.15, 0.2) is 29.7 Å². The second-order valence-corrected chi connectivity index (χ2v) is 6.48. The number of aryl methyl sites for hydroxylation is 1. The van der Waals surface area contributed by atoms with Crippen LogP contribution in [0, 0.1) is 18.3 Å². The highest BCUT2D eigenvalue weighted by Gasteiger charge is 2.19. The molecule has 0 amide bonds. The van der Waals surface area contributed by atoms with Crippen molar-refractivity contribution in [3.63, 3.8) is 0 Å². The summed E-state index contributed by atoms with van der Waals surface area (Å²) in [6, 6.07) is 5.03. The molecule has 1 N–H and O–H groups in total. The number of nitriles is 1. The molecule has 0 unspecified atom stereocenters. The molecule has 2 aromatic rings. The predicted molar refractivity (Wildman–Crippen MR) is 77.1 cm³/mol. The summed E-state index contributed by atoms with van der Waals surface area (Å²) in [5, 5.41) is 8.81. The number of nitrogens with zero attached hydrogens (tertiary/aromatic N) is 4. The number of sulfonamides is 1. The number of pyridine rings is 1. The van der Waals surface area contributed by atoms with Crippen molar-refractivity contribution >= 4 is 15.8 Å². The van der Waals surface area contributed by atoms with E-state index in [-0.39, 0.29) is 16.9 Å². The maximum atomic E-state index is 12.2. The number of anilines is 1. The zero-order chi connectivity index (χ0) is 15.6. The second kappa shape index (κ2) is 5.54. The number of nitrogens with one attached hydrogen (secondary N) is 1. The van der Waals surface area contributed by atoms with Gasteiger partial charge in [-0.2, -0.15) is 13.7 Å². The first-order valence-electron chi connectivity index (χ1n) is 6.27. The van der Waals surface area contributed by atoms with Gasteiger partial charge in [0.25, 0.3) is 10.0 Å². The minimum atomic E-state index is -3.82. The van der Waals surface area contributed by atoms with E-state index in [9.17, 15) is 8.42 Å². The van der Waals surface area contributed by atoms with E-state index in [4.69, 9.17) is 5.26 Å². The Kier molecular flexibility index (Phi) is 3.95. The van der Waals surface area contributed by atoms with E-state index in [1.54, 1.807) is 17.6 Å². The largest absolute Gasteiger partial charge is 0.334 e. The Morgan fingerprint density at radius 1 is 1.38 bits per heavy atom. The maximum absolute atomic E-state index is 12.2. The minimum absolute atomic E-state index is 0.0852. The average molecular weight is 305 g/mol.